The van der Waals surface area contributed by atoms with Crippen LogP contribution in [0.25, 0.3) is 16.6 Å². The number of anilines is 2. The molecule has 5 atom stereocenters. The van der Waals surface area contributed by atoms with E-state index in [0.29, 0.717) is 22.2 Å². The standard InChI is InChI=1S/C54H62N7O18P3S2/c1-54(2,84-83-30-73-20-8-11-34-25-61(51-44(34)50(55)57-28-58-51)43-24-41(74-29-72-3)42(76-43)26-75-81(68,69)79-82(70,71)78-80(65,66)67)27-56-52(62)33-14-15-35(38(23-33)53(63)64)45-39-21-31-9-4-16-59-18-6-12-36(46(31)59)48(39)77-49-37-13-7-19-60-17-5-10-32(47(37)60)22-40(45)49/h14-15,21-23,25,28,41-43H,4-7,9-10,12-13,16-20,24,26-27,29-30H2,1-3H3,(H7-,55,56,57,58,62,63,64,65,66,67,68,69,70,71)/p+1/t41-,42-,43-/m1/s1. The number of aromatic nitrogens is 3. The highest BCUT2D eigenvalue weighted by molar-refractivity contribution is 8.77. The molecule has 1 fully saturated rings. The smallest absolute Gasteiger partial charge is 0.478 e. The Labute approximate surface area is 490 Å². The van der Waals surface area contributed by atoms with Gasteiger partial charge >= 0.3 is 29.4 Å². The summed E-state index contributed by atoms with van der Waals surface area (Å²) in [7, 11) is -12.6. The molecule has 1 saturated heterocycles. The van der Waals surface area contributed by atoms with Crippen LogP contribution in [-0.4, -0.2) is 134 Å². The first kappa shape index (κ1) is 60.5. The van der Waals surface area contributed by atoms with Crippen molar-refractivity contribution in [1.29, 1.82) is 0 Å². The van der Waals surface area contributed by atoms with Gasteiger partial charge in [0.25, 0.3) is 5.91 Å². The lowest BCUT2D eigenvalue weighted by Gasteiger charge is -2.39. The number of carboxylic acid groups (broad SMARTS) is 1. The Balaban J connectivity index is 0.738. The summed E-state index contributed by atoms with van der Waals surface area (Å²) in [5, 5.41) is 16.6. The van der Waals surface area contributed by atoms with Gasteiger partial charge < -0.3 is 68.9 Å². The van der Waals surface area contributed by atoms with Crippen LogP contribution in [0.2, 0.25) is 0 Å². The molecule has 0 saturated carbocycles. The van der Waals surface area contributed by atoms with Gasteiger partial charge in [0.2, 0.25) is 5.36 Å². The zero-order valence-electron chi connectivity index (χ0n) is 46.0. The molecule has 30 heteroatoms. The molecule has 8 N–H and O–H groups in total. The molecule has 84 heavy (non-hydrogen) atoms. The van der Waals surface area contributed by atoms with Crippen LogP contribution in [-0.2, 0) is 71.5 Å². The third kappa shape index (κ3) is 12.9. The Hall–Kier alpha value is -5.20. The van der Waals surface area contributed by atoms with E-state index in [2.05, 4.69) is 57.4 Å². The Bertz CT molecular complexity index is 3830. The molecular weight excluding hydrogens is 1190 g/mol. The number of carbonyl (C=O) groups is 2. The normalized spacial score (nSPS) is 20.4. The molecular formula is C54H63N7O18P3S2+. The van der Waals surface area contributed by atoms with Crippen LogP contribution in [0.1, 0.15) is 112 Å². The Morgan fingerprint density at radius 1 is 0.940 bits per heavy atom. The summed E-state index contributed by atoms with van der Waals surface area (Å²) in [5.74, 6) is 6.49. The minimum absolute atomic E-state index is 0.00962. The fourth-order valence-electron chi connectivity index (χ4n) is 12.0. The topological polar surface area (TPSA) is 335 Å². The van der Waals surface area contributed by atoms with Gasteiger partial charge in [-0.15, -0.1) is 0 Å². The number of amides is 1. The summed E-state index contributed by atoms with van der Waals surface area (Å²) in [6.45, 7) is 7.25. The molecule has 1 amide bonds. The number of aryl methyl sites for hydroxylation is 2. The zero-order chi connectivity index (χ0) is 59.3. The van der Waals surface area contributed by atoms with Crippen LogP contribution in [0.3, 0.4) is 0 Å². The number of methoxy groups -OCH3 is 1. The highest BCUT2D eigenvalue weighted by Gasteiger charge is 2.44. The first-order chi connectivity index (χ1) is 40.1. The number of benzene rings is 3. The second-order valence-corrected chi connectivity index (χ2v) is 29.0. The number of phosphoric acid groups is 3. The van der Waals surface area contributed by atoms with E-state index in [9.17, 15) is 38.2 Å². The summed E-state index contributed by atoms with van der Waals surface area (Å²) in [6, 6.07) is 9.50. The van der Waals surface area contributed by atoms with Gasteiger partial charge in [-0.25, -0.2) is 33.0 Å². The minimum atomic E-state index is -5.76. The van der Waals surface area contributed by atoms with Crippen molar-refractivity contribution in [2.45, 2.75) is 94.8 Å². The van der Waals surface area contributed by atoms with E-state index in [1.807, 2.05) is 13.8 Å². The minimum Gasteiger partial charge on any atom is -0.478 e. The number of hydrogen-bond acceptors (Lipinski definition) is 19. The quantitative estimate of drug-likeness (QED) is 0.0114. The molecule has 2 aromatic heterocycles. The molecule has 0 aliphatic carbocycles. The van der Waals surface area contributed by atoms with Gasteiger partial charge in [-0.1, -0.05) is 39.5 Å². The Kier molecular flexibility index (Phi) is 17.7. The maximum absolute atomic E-state index is 14.0. The lowest BCUT2D eigenvalue weighted by molar-refractivity contribution is -0.106. The molecule has 6 aliphatic heterocycles. The van der Waals surface area contributed by atoms with Crippen molar-refractivity contribution < 1.29 is 84.8 Å². The fraction of sp³-hybridized carbons (Fsp3) is 0.463. The number of hydrogen-bond donors (Lipinski definition) is 7. The fourth-order valence-corrected chi connectivity index (χ4v) is 17.2. The third-order valence-electron chi connectivity index (χ3n) is 15.3. The van der Waals surface area contributed by atoms with Gasteiger partial charge in [0.05, 0.1) is 34.8 Å². The maximum atomic E-state index is 14.0. The Morgan fingerprint density at radius 3 is 2.48 bits per heavy atom. The Morgan fingerprint density at radius 2 is 1.70 bits per heavy atom. The molecule has 11 rings (SSSR count). The van der Waals surface area contributed by atoms with E-state index in [0.717, 1.165) is 105 Å². The highest BCUT2D eigenvalue weighted by Crippen LogP contribution is 2.66. The predicted molar refractivity (Wildman–Crippen MR) is 310 cm³/mol. The van der Waals surface area contributed by atoms with Crippen molar-refractivity contribution in [1.82, 2.24) is 24.4 Å². The van der Waals surface area contributed by atoms with Gasteiger partial charge in [0.1, 0.15) is 74.1 Å². The number of ether oxygens (including phenoxy) is 5. The van der Waals surface area contributed by atoms with E-state index >= 15 is 0 Å². The number of nitrogens with two attached hydrogens (primary N) is 1. The number of nitrogens with one attached hydrogen (secondary N) is 1. The van der Waals surface area contributed by atoms with Gasteiger partial charge in [-0.05, 0) is 87.8 Å². The maximum Gasteiger partial charge on any atom is 0.490 e. The molecule has 3 aromatic carbocycles. The van der Waals surface area contributed by atoms with Gasteiger partial charge in [0.15, 0.2) is 0 Å². The van der Waals surface area contributed by atoms with E-state index in [1.54, 1.807) is 22.9 Å². The van der Waals surface area contributed by atoms with Crippen molar-refractivity contribution in [2.75, 3.05) is 76.4 Å². The lowest BCUT2D eigenvalue weighted by Crippen LogP contribution is -2.45. The second kappa shape index (κ2) is 24.5. The largest absolute Gasteiger partial charge is 0.490 e. The van der Waals surface area contributed by atoms with Crippen molar-refractivity contribution in [3.63, 3.8) is 0 Å². The van der Waals surface area contributed by atoms with Crippen LogP contribution in [0.15, 0.2) is 42.9 Å². The number of nitrogen functional groups attached to an aromatic ring is 1. The number of nitrogens with zero attached hydrogens (tertiary/aromatic N) is 5. The SMILES string of the molecule is COCO[C@@H]1C[C@H](n2cc(C#CCOCSSC(C)(C)CNC(=O)c3ccc(C4=c5cc6c7c(c5Oc5c4cc4c8c5CCCN8CCC4)CCC[N+]=7CCC6)c(C(=O)O)c3)c3c(N)ncnc32)O[C@@H]1COP(=O)(O)OP(=O)(O)OP(=O)(O)O. The van der Waals surface area contributed by atoms with E-state index in [1.165, 1.54) is 74.4 Å². The molecule has 2 unspecified atom stereocenters. The summed E-state index contributed by atoms with van der Waals surface area (Å²) in [4.78, 5) is 75.8. The molecule has 25 nitrogen and oxygen atoms in total. The molecule has 0 bridgehead atoms. The zero-order valence-corrected chi connectivity index (χ0v) is 50.3. The number of aromatic carboxylic acids is 1. The molecule has 8 heterocycles. The lowest BCUT2D eigenvalue weighted by atomic mass is 9.81. The summed E-state index contributed by atoms with van der Waals surface area (Å²) < 4.78 is 81.4. The third-order valence-corrected chi connectivity index (χ3v) is 22.1. The number of carbonyl (C=O) groups excluding carboxylic acids is 1. The van der Waals surface area contributed by atoms with Gasteiger partial charge in [-0.3, -0.25) is 9.32 Å². The molecule has 0 radical (unpaired) electrons. The van der Waals surface area contributed by atoms with Gasteiger partial charge in [-0.2, -0.15) is 8.62 Å². The summed E-state index contributed by atoms with van der Waals surface area (Å²) >= 11 is 0. The number of fused-ring (bicyclic) bond motifs is 5. The average molecular weight is 1260 g/mol. The van der Waals surface area contributed by atoms with Crippen LogP contribution in [0.5, 0.6) is 11.5 Å². The van der Waals surface area contributed by atoms with Crippen LogP contribution in [0, 0.1) is 11.8 Å². The van der Waals surface area contributed by atoms with Crippen molar-refractivity contribution in [2.24, 2.45) is 0 Å². The van der Waals surface area contributed by atoms with Crippen LogP contribution >= 0.6 is 45.1 Å². The van der Waals surface area contributed by atoms with Crippen LogP contribution in [0.4, 0.5) is 11.5 Å². The van der Waals surface area contributed by atoms with Gasteiger partial charge in [0, 0.05) is 95.7 Å². The predicted octanol–water partition coefficient (Wildman–Crippen LogP) is 5.68. The van der Waals surface area contributed by atoms with Crippen molar-refractivity contribution in [3.8, 4) is 23.3 Å². The monoisotopic (exact) mass is 1250 g/mol. The van der Waals surface area contributed by atoms with Crippen LogP contribution < -0.4 is 35.8 Å². The number of phosphoric ester groups is 1. The molecule has 448 valence electrons. The first-order valence-electron chi connectivity index (χ1n) is 27.2. The van der Waals surface area contributed by atoms with E-state index < -0.39 is 65.1 Å². The second-order valence-electron chi connectivity index (χ2n) is 21.6. The van der Waals surface area contributed by atoms with E-state index in [4.69, 9.17) is 43.7 Å². The first-order valence-corrected chi connectivity index (χ1v) is 34.0. The molecule has 5 aromatic rings. The van der Waals surface area contributed by atoms with Crippen molar-refractivity contribution >= 4 is 85.0 Å². The number of rotatable bonds is 21. The molecule has 6 aliphatic rings. The highest BCUT2D eigenvalue weighted by atomic mass is 33.1. The summed E-state index contributed by atoms with van der Waals surface area (Å²) in [5.41, 5.74) is 15.8. The van der Waals surface area contributed by atoms with E-state index in [-0.39, 0.29) is 49.2 Å². The summed E-state index contributed by atoms with van der Waals surface area (Å²) in [6.07, 6.45) is 7.84. The average Bonchev–Trinajstić information content (AvgIpc) is 0.952. The number of carboxylic acids is 1. The van der Waals surface area contributed by atoms with Crippen molar-refractivity contribution in [3.05, 3.63) is 104 Å². The molecule has 0 spiro atoms.